The normalized spacial score (nSPS) is 25.1. The van der Waals surface area contributed by atoms with Crippen LogP contribution in [0, 0.1) is 5.41 Å². The zero-order chi connectivity index (χ0) is 19.3. The third-order valence-electron chi connectivity index (χ3n) is 5.28. The molecular weight excluding hydrogens is 340 g/mol. The minimum absolute atomic E-state index is 0.0195. The number of aliphatic hydroxyl groups excluding tert-OH is 1. The molecule has 1 aliphatic heterocycles. The fourth-order valence-electron chi connectivity index (χ4n) is 3.73. The van der Waals surface area contributed by atoms with Crippen LogP contribution in [0.3, 0.4) is 0 Å². The van der Waals surface area contributed by atoms with Crippen LogP contribution in [0.4, 0.5) is 0 Å². The molecule has 4 heteroatoms. The van der Waals surface area contributed by atoms with Crippen molar-refractivity contribution in [1.82, 2.24) is 0 Å². The van der Waals surface area contributed by atoms with Crippen molar-refractivity contribution >= 4 is 0 Å². The van der Waals surface area contributed by atoms with Crippen molar-refractivity contribution in [2.45, 2.75) is 83.6 Å². The van der Waals surface area contributed by atoms with Crippen LogP contribution >= 0.6 is 0 Å². The Labute approximate surface area is 163 Å². The standard InChI is InChI=1S/C23H34O4/c1-22(2,3)15-12-19(25-16-18-10-6-4-7-11-18)21(24)20-17-26-23(27-20)13-8-5-9-14-23/h4,6-7,10-12,15,19-21,24H,5,8-9,13-14,16-17H2,1-3H3/b15-12+/t19-,20-,21+/m0/s1. The highest BCUT2D eigenvalue weighted by Gasteiger charge is 2.45. The third kappa shape index (κ3) is 5.89. The topological polar surface area (TPSA) is 47.9 Å². The van der Waals surface area contributed by atoms with Gasteiger partial charge in [0.1, 0.15) is 18.3 Å². The summed E-state index contributed by atoms with van der Waals surface area (Å²) in [6.07, 6.45) is 7.85. The SMILES string of the molecule is CC(C)(C)/C=C/[C@H](OCc1ccccc1)[C@@H](O)[C@@H]1COC2(CCCCC2)O1. The molecule has 1 aromatic rings. The lowest BCUT2D eigenvalue weighted by Crippen LogP contribution is -2.41. The third-order valence-corrected chi connectivity index (χ3v) is 5.28. The fourth-order valence-corrected chi connectivity index (χ4v) is 3.73. The van der Waals surface area contributed by atoms with Crippen molar-refractivity contribution in [2.75, 3.05) is 6.61 Å². The van der Waals surface area contributed by atoms with Gasteiger partial charge in [0.15, 0.2) is 5.79 Å². The Kier molecular flexibility index (Phi) is 6.74. The van der Waals surface area contributed by atoms with Crippen molar-refractivity contribution in [3.63, 3.8) is 0 Å². The summed E-state index contributed by atoms with van der Waals surface area (Å²) in [6, 6.07) is 10.0. The van der Waals surface area contributed by atoms with Gasteiger partial charge in [-0.05, 0) is 23.8 Å². The van der Waals surface area contributed by atoms with Crippen molar-refractivity contribution < 1.29 is 19.3 Å². The number of ether oxygens (including phenoxy) is 3. The van der Waals surface area contributed by atoms with Gasteiger partial charge in [-0.1, -0.05) is 69.7 Å². The Morgan fingerprint density at radius 1 is 1.19 bits per heavy atom. The maximum absolute atomic E-state index is 11.0. The van der Waals surface area contributed by atoms with E-state index in [-0.39, 0.29) is 11.5 Å². The summed E-state index contributed by atoms with van der Waals surface area (Å²) in [5.41, 5.74) is 1.11. The summed E-state index contributed by atoms with van der Waals surface area (Å²) >= 11 is 0. The molecule has 2 fully saturated rings. The molecular formula is C23H34O4. The molecule has 1 saturated carbocycles. The Bertz CT molecular complexity index is 599. The predicted octanol–water partition coefficient (Wildman–Crippen LogP) is 4.61. The number of benzene rings is 1. The molecule has 0 unspecified atom stereocenters. The van der Waals surface area contributed by atoms with E-state index in [1.54, 1.807) is 0 Å². The summed E-state index contributed by atoms with van der Waals surface area (Å²) in [6.45, 7) is 7.29. The number of hydrogen-bond donors (Lipinski definition) is 1. The van der Waals surface area contributed by atoms with Gasteiger partial charge >= 0.3 is 0 Å². The van der Waals surface area contributed by atoms with Crippen LogP contribution in [0.5, 0.6) is 0 Å². The van der Waals surface area contributed by atoms with E-state index in [2.05, 4.69) is 26.8 Å². The number of rotatable bonds is 6. The van der Waals surface area contributed by atoms with E-state index in [0.29, 0.717) is 13.2 Å². The van der Waals surface area contributed by atoms with Gasteiger partial charge in [0, 0.05) is 12.8 Å². The van der Waals surface area contributed by atoms with Crippen LogP contribution in [-0.4, -0.2) is 35.8 Å². The Morgan fingerprint density at radius 2 is 1.89 bits per heavy atom. The molecule has 27 heavy (non-hydrogen) atoms. The highest BCUT2D eigenvalue weighted by atomic mass is 16.7. The fraction of sp³-hybridized carbons (Fsp3) is 0.652. The molecule has 1 spiro atoms. The lowest BCUT2D eigenvalue weighted by atomic mass is 9.94. The molecule has 0 bridgehead atoms. The lowest BCUT2D eigenvalue weighted by Gasteiger charge is -2.33. The summed E-state index contributed by atoms with van der Waals surface area (Å²) in [7, 11) is 0. The van der Waals surface area contributed by atoms with E-state index in [1.165, 1.54) is 6.42 Å². The highest BCUT2D eigenvalue weighted by molar-refractivity contribution is 5.14. The van der Waals surface area contributed by atoms with E-state index in [4.69, 9.17) is 14.2 Å². The van der Waals surface area contributed by atoms with E-state index < -0.39 is 18.0 Å². The van der Waals surface area contributed by atoms with Gasteiger partial charge in [-0.3, -0.25) is 0 Å². The first-order chi connectivity index (χ1) is 12.9. The molecule has 1 heterocycles. The molecule has 150 valence electrons. The van der Waals surface area contributed by atoms with Crippen molar-refractivity contribution in [1.29, 1.82) is 0 Å². The van der Waals surface area contributed by atoms with Crippen LogP contribution < -0.4 is 0 Å². The second kappa shape index (κ2) is 8.87. The summed E-state index contributed by atoms with van der Waals surface area (Å²) in [4.78, 5) is 0. The van der Waals surface area contributed by atoms with Crippen LogP contribution in [0.1, 0.15) is 58.4 Å². The van der Waals surface area contributed by atoms with E-state index in [9.17, 15) is 5.11 Å². The smallest absolute Gasteiger partial charge is 0.169 e. The first-order valence-corrected chi connectivity index (χ1v) is 10.2. The first kappa shape index (κ1) is 20.5. The minimum atomic E-state index is -0.756. The quantitative estimate of drug-likeness (QED) is 0.739. The van der Waals surface area contributed by atoms with E-state index in [1.807, 2.05) is 36.4 Å². The molecule has 0 aromatic heterocycles. The number of hydrogen-bond acceptors (Lipinski definition) is 4. The lowest BCUT2D eigenvalue weighted by molar-refractivity contribution is -0.201. The van der Waals surface area contributed by atoms with Crippen molar-refractivity contribution in [2.24, 2.45) is 5.41 Å². The molecule has 1 saturated heterocycles. The minimum Gasteiger partial charge on any atom is -0.387 e. The van der Waals surface area contributed by atoms with Gasteiger partial charge in [-0.2, -0.15) is 0 Å². The predicted molar refractivity (Wildman–Crippen MR) is 106 cm³/mol. The monoisotopic (exact) mass is 374 g/mol. The molecule has 3 atom stereocenters. The second-order valence-electron chi connectivity index (χ2n) is 8.92. The van der Waals surface area contributed by atoms with Gasteiger partial charge < -0.3 is 19.3 Å². The largest absolute Gasteiger partial charge is 0.387 e. The molecule has 3 rings (SSSR count). The van der Waals surface area contributed by atoms with Gasteiger partial charge in [-0.15, -0.1) is 0 Å². The van der Waals surface area contributed by atoms with Crippen LogP contribution in [0.25, 0.3) is 0 Å². The molecule has 0 amide bonds. The van der Waals surface area contributed by atoms with Crippen LogP contribution in [-0.2, 0) is 20.8 Å². The van der Waals surface area contributed by atoms with Gasteiger partial charge in [0.2, 0.25) is 0 Å². The maximum Gasteiger partial charge on any atom is 0.169 e. The molecule has 1 aromatic carbocycles. The highest BCUT2D eigenvalue weighted by Crippen LogP contribution is 2.39. The second-order valence-corrected chi connectivity index (χ2v) is 8.92. The average molecular weight is 375 g/mol. The number of aliphatic hydroxyl groups is 1. The first-order valence-electron chi connectivity index (χ1n) is 10.2. The van der Waals surface area contributed by atoms with Gasteiger partial charge in [0.05, 0.1) is 13.2 Å². The zero-order valence-electron chi connectivity index (χ0n) is 16.9. The van der Waals surface area contributed by atoms with Crippen molar-refractivity contribution in [3.05, 3.63) is 48.0 Å². The van der Waals surface area contributed by atoms with E-state index in [0.717, 1.165) is 31.2 Å². The van der Waals surface area contributed by atoms with Crippen LogP contribution in [0.2, 0.25) is 0 Å². The summed E-state index contributed by atoms with van der Waals surface area (Å²) < 4.78 is 18.3. The molecule has 1 N–H and O–H groups in total. The van der Waals surface area contributed by atoms with E-state index >= 15 is 0 Å². The summed E-state index contributed by atoms with van der Waals surface area (Å²) in [5.74, 6) is -0.485. The Morgan fingerprint density at radius 3 is 2.56 bits per heavy atom. The Balaban J connectivity index is 1.66. The maximum atomic E-state index is 11.0. The molecule has 0 radical (unpaired) electrons. The summed E-state index contributed by atoms with van der Waals surface area (Å²) in [5, 5.41) is 11.0. The zero-order valence-corrected chi connectivity index (χ0v) is 16.9. The molecule has 2 aliphatic rings. The van der Waals surface area contributed by atoms with Gasteiger partial charge in [0.25, 0.3) is 0 Å². The molecule has 4 nitrogen and oxygen atoms in total. The molecule has 1 aliphatic carbocycles. The van der Waals surface area contributed by atoms with Crippen molar-refractivity contribution in [3.8, 4) is 0 Å². The van der Waals surface area contributed by atoms with Crippen LogP contribution in [0.15, 0.2) is 42.5 Å². The van der Waals surface area contributed by atoms with Gasteiger partial charge in [-0.25, -0.2) is 0 Å². The average Bonchev–Trinajstić information content (AvgIpc) is 3.05. The number of allylic oxidation sites excluding steroid dienone is 1. The Hall–Kier alpha value is -1.20.